The van der Waals surface area contributed by atoms with Gasteiger partial charge in [-0.15, -0.1) is 0 Å². The van der Waals surface area contributed by atoms with E-state index >= 15 is 0 Å². The van der Waals surface area contributed by atoms with E-state index in [1.165, 1.54) is 7.11 Å². The van der Waals surface area contributed by atoms with Crippen molar-refractivity contribution < 1.29 is 19.1 Å². The van der Waals surface area contributed by atoms with E-state index in [9.17, 15) is 14.4 Å². The van der Waals surface area contributed by atoms with Crippen LogP contribution in [0.1, 0.15) is 6.42 Å². The molecule has 0 bridgehead atoms. The molecule has 2 aromatic rings. The Morgan fingerprint density at radius 2 is 2.20 bits per heavy atom. The first kappa shape index (κ1) is 16.9. The first-order chi connectivity index (χ1) is 12.1. The monoisotopic (exact) mass is 345 g/mol. The van der Waals surface area contributed by atoms with Crippen LogP contribution in [0.2, 0.25) is 0 Å². The van der Waals surface area contributed by atoms with Gasteiger partial charge in [-0.3, -0.25) is 24.6 Å². The third-order valence-corrected chi connectivity index (χ3v) is 4.02. The lowest BCUT2D eigenvalue weighted by Crippen LogP contribution is -2.57. The predicted molar refractivity (Wildman–Crippen MR) is 89.7 cm³/mol. The SMILES string of the molecule is COC(=O)CC1C(=O)NCCN1CC(=O)Nc1nc2ccccc2[nH]1. The van der Waals surface area contributed by atoms with Crippen molar-refractivity contribution in [2.24, 2.45) is 0 Å². The summed E-state index contributed by atoms with van der Waals surface area (Å²) in [6.45, 7) is 0.876. The molecule has 0 aliphatic carbocycles. The number of hydrogen-bond acceptors (Lipinski definition) is 6. The molecule has 1 aliphatic rings. The smallest absolute Gasteiger partial charge is 0.307 e. The van der Waals surface area contributed by atoms with Gasteiger partial charge in [-0.05, 0) is 12.1 Å². The summed E-state index contributed by atoms with van der Waals surface area (Å²) < 4.78 is 4.62. The Morgan fingerprint density at radius 3 is 2.96 bits per heavy atom. The molecule has 1 aliphatic heterocycles. The second kappa shape index (κ2) is 7.31. The summed E-state index contributed by atoms with van der Waals surface area (Å²) in [5, 5.41) is 5.38. The minimum atomic E-state index is -0.720. The number of piperazine rings is 1. The summed E-state index contributed by atoms with van der Waals surface area (Å²) in [4.78, 5) is 44.8. The molecule has 132 valence electrons. The summed E-state index contributed by atoms with van der Waals surface area (Å²) in [6, 6.07) is 6.71. The van der Waals surface area contributed by atoms with Crippen molar-refractivity contribution in [2.75, 3.05) is 32.1 Å². The summed E-state index contributed by atoms with van der Waals surface area (Å²) in [7, 11) is 1.27. The number of benzene rings is 1. The standard InChI is InChI=1S/C16H19N5O4/c1-25-14(23)8-12-15(24)17-6-7-21(12)9-13(22)20-16-18-10-4-2-3-5-11(10)19-16/h2-5,12H,6-9H2,1H3,(H,17,24)(H2,18,19,20,22). The number of ether oxygens (including phenoxy) is 1. The highest BCUT2D eigenvalue weighted by molar-refractivity contribution is 5.93. The van der Waals surface area contributed by atoms with E-state index in [0.717, 1.165) is 11.0 Å². The summed E-state index contributed by atoms with van der Waals surface area (Å²) in [6.07, 6.45) is -0.0970. The molecule has 2 amide bonds. The molecular weight excluding hydrogens is 326 g/mol. The van der Waals surface area contributed by atoms with Crippen LogP contribution in [0.25, 0.3) is 11.0 Å². The third kappa shape index (κ3) is 3.94. The van der Waals surface area contributed by atoms with Gasteiger partial charge in [0.25, 0.3) is 0 Å². The predicted octanol–water partition coefficient (Wildman–Crippen LogP) is -0.135. The highest BCUT2D eigenvalue weighted by Gasteiger charge is 2.33. The van der Waals surface area contributed by atoms with E-state index in [-0.39, 0.29) is 24.8 Å². The van der Waals surface area contributed by atoms with Crippen molar-refractivity contribution in [2.45, 2.75) is 12.5 Å². The highest BCUT2D eigenvalue weighted by atomic mass is 16.5. The maximum atomic E-state index is 12.3. The molecule has 1 saturated heterocycles. The third-order valence-electron chi connectivity index (χ3n) is 4.02. The van der Waals surface area contributed by atoms with E-state index in [0.29, 0.717) is 19.0 Å². The van der Waals surface area contributed by atoms with E-state index < -0.39 is 12.0 Å². The number of para-hydroxylation sites is 2. The van der Waals surface area contributed by atoms with Crippen LogP contribution >= 0.6 is 0 Å². The number of carbonyl (C=O) groups is 3. The van der Waals surface area contributed by atoms with Gasteiger partial charge in [0.15, 0.2) is 0 Å². The number of nitrogens with zero attached hydrogens (tertiary/aromatic N) is 2. The first-order valence-electron chi connectivity index (χ1n) is 7.90. The molecule has 1 fully saturated rings. The molecule has 9 heteroatoms. The first-order valence-corrected chi connectivity index (χ1v) is 7.90. The maximum absolute atomic E-state index is 12.3. The number of nitrogens with one attached hydrogen (secondary N) is 3. The molecule has 3 N–H and O–H groups in total. The zero-order valence-electron chi connectivity index (χ0n) is 13.7. The molecule has 0 spiro atoms. The van der Waals surface area contributed by atoms with Crippen molar-refractivity contribution in [1.29, 1.82) is 0 Å². The van der Waals surface area contributed by atoms with Gasteiger partial charge in [-0.2, -0.15) is 0 Å². The van der Waals surface area contributed by atoms with E-state index in [1.807, 2.05) is 24.3 Å². The van der Waals surface area contributed by atoms with Gasteiger partial charge < -0.3 is 15.0 Å². The molecule has 0 radical (unpaired) electrons. The number of imidazole rings is 1. The van der Waals surface area contributed by atoms with E-state index in [4.69, 9.17) is 0 Å². The molecular formula is C16H19N5O4. The molecule has 0 saturated carbocycles. The van der Waals surface area contributed by atoms with Crippen molar-refractivity contribution in [3.8, 4) is 0 Å². The Labute approximate surface area is 143 Å². The second-order valence-electron chi connectivity index (χ2n) is 5.71. The Morgan fingerprint density at radius 1 is 1.40 bits per heavy atom. The minimum Gasteiger partial charge on any atom is -0.469 e. The lowest BCUT2D eigenvalue weighted by Gasteiger charge is -2.33. The summed E-state index contributed by atoms with van der Waals surface area (Å²) >= 11 is 0. The van der Waals surface area contributed by atoms with Crippen LogP contribution in [-0.2, 0) is 19.1 Å². The van der Waals surface area contributed by atoms with Crippen molar-refractivity contribution in [1.82, 2.24) is 20.2 Å². The zero-order valence-corrected chi connectivity index (χ0v) is 13.7. The highest BCUT2D eigenvalue weighted by Crippen LogP contribution is 2.14. The molecule has 9 nitrogen and oxygen atoms in total. The van der Waals surface area contributed by atoms with E-state index in [1.54, 1.807) is 4.90 Å². The van der Waals surface area contributed by atoms with Gasteiger partial charge in [0.2, 0.25) is 17.8 Å². The fourth-order valence-electron chi connectivity index (χ4n) is 2.78. The van der Waals surface area contributed by atoms with Gasteiger partial charge in [-0.1, -0.05) is 12.1 Å². The summed E-state index contributed by atoms with van der Waals surface area (Å²) in [5.74, 6) is -0.751. The van der Waals surface area contributed by atoms with Crippen LogP contribution in [0.4, 0.5) is 5.95 Å². The van der Waals surface area contributed by atoms with Gasteiger partial charge in [0.05, 0.1) is 31.1 Å². The van der Waals surface area contributed by atoms with Crippen molar-refractivity contribution in [3.05, 3.63) is 24.3 Å². The molecule has 25 heavy (non-hydrogen) atoms. The summed E-state index contributed by atoms with van der Waals surface area (Å²) in [5.41, 5.74) is 1.57. The molecule has 1 unspecified atom stereocenters. The molecule has 1 aromatic carbocycles. The minimum absolute atomic E-state index is 0.0217. The van der Waals surface area contributed by atoms with Crippen LogP contribution < -0.4 is 10.6 Å². The largest absolute Gasteiger partial charge is 0.469 e. The quantitative estimate of drug-likeness (QED) is 0.650. The topological polar surface area (TPSA) is 116 Å². The van der Waals surface area contributed by atoms with Crippen molar-refractivity contribution >= 4 is 34.8 Å². The lowest BCUT2D eigenvalue weighted by molar-refractivity contribution is -0.146. The number of fused-ring (bicyclic) bond motifs is 1. The molecule has 1 atom stereocenters. The van der Waals surface area contributed by atoms with Crippen LogP contribution in [0.3, 0.4) is 0 Å². The van der Waals surface area contributed by atoms with Crippen LogP contribution in [-0.4, -0.2) is 65.4 Å². The molecule has 3 rings (SSSR count). The molecule has 1 aromatic heterocycles. The van der Waals surface area contributed by atoms with Crippen LogP contribution in [0, 0.1) is 0 Å². The maximum Gasteiger partial charge on any atom is 0.307 e. The lowest BCUT2D eigenvalue weighted by atomic mass is 10.1. The Kier molecular flexibility index (Phi) is 4.94. The number of methoxy groups -OCH3 is 1. The number of H-pyrrole nitrogens is 1. The van der Waals surface area contributed by atoms with Crippen molar-refractivity contribution in [3.63, 3.8) is 0 Å². The number of carbonyl (C=O) groups excluding carboxylic acids is 3. The van der Waals surface area contributed by atoms with E-state index in [2.05, 4.69) is 25.3 Å². The fourth-order valence-corrected chi connectivity index (χ4v) is 2.78. The molecule has 2 heterocycles. The number of anilines is 1. The number of aromatic nitrogens is 2. The van der Waals surface area contributed by atoms with Gasteiger partial charge >= 0.3 is 5.97 Å². The van der Waals surface area contributed by atoms with Gasteiger partial charge in [0, 0.05) is 13.1 Å². The van der Waals surface area contributed by atoms with Gasteiger partial charge in [-0.25, -0.2) is 4.98 Å². The number of aromatic amines is 1. The number of amides is 2. The Hall–Kier alpha value is -2.94. The Balaban J connectivity index is 1.65. The van der Waals surface area contributed by atoms with Gasteiger partial charge in [0.1, 0.15) is 6.04 Å². The number of esters is 1. The second-order valence-corrected chi connectivity index (χ2v) is 5.71. The number of hydrogen-bond donors (Lipinski definition) is 3. The Bertz CT molecular complexity index is 770. The van der Waals surface area contributed by atoms with Crippen LogP contribution in [0.15, 0.2) is 24.3 Å². The number of rotatable bonds is 5. The zero-order chi connectivity index (χ0) is 17.8. The fraction of sp³-hybridized carbons (Fsp3) is 0.375. The average Bonchev–Trinajstić information content (AvgIpc) is 2.99. The van der Waals surface area contributed by atoms with Crippen LogP contribution in [0.5, 0.6) is 0 Å². The average molecular weight is 345 g/mol. The normalized spacial score (nSPS) is 18.0.